The SMILES string of the molecule is COc1ccccc1CNC(=O)CC(C)=NNC(=O)c1cccc([N+](=O)[O-])c1. The molecule has 0 heterocycles. The predicted molar refractivity (Wildman–Crippen MR) is 103 cm³/mol. The van der Waals surface area contributed by atoms with Crippen molar-refractivity contribution in [2.24, 2.45) is 5.10 Å². The topological polar surface area (TPSA) is 123 Å². The third-order valence-electron chi connectivity index (χ3n) is 3.75. The molecule has 9 heteroatoms. The normalized spacial score (nSPS) is 10.9. The number of hydrogen-bond donors (Lipinski definition) is 2. The fourth-order valence-electron chi connectivity index (χ4n) is 2.35. The van der Waals surface area contributed by atoms with Crippen molar-refractivity contribution in [2.45, 2.75) is 19.9 Å². The highest BCUT2D eigenvalue weighted by Gasteiger charge is 2.11. The molecule has 0 radical (unpaired) electrons. The molecular weight excluding hydrogens is 364 g/mol. The molecule has 2 aromatic carbocycles. The predicted octanol–water partition coefficient (Wildman–Crippen LogP) is 2.42. The molecule has 0 aliphatic rings. The van der Waals surface area contributed by atoms with Crippen molar-refractivity contribution in [1.82, 2.24) is 10.7 Å². The lowest BCUT2D eigenvalue weighted by molar-refractivity contribution is -0.384. The Bertz CT molecular complexity index is 911. The number of nitrogens with zero attached hydrogens (tertiary/aromatic N) is 2. The zero-order valence-corrected chi connectivity index (χ0v) is 15.5. The number of carbonyl (C=O) groups excluding carboxylic acids is 2. The molecule has 0 aliphatic carbocycles. The van der Waals surface area contributed by atoms with Gasteiger partial charge in [-0.3, -0.25) is 19.7 Å². The average Bonchev–Trinajstić information content (AvgIpc) is 2.70. The lowest BCUT2D eigenvalue weighted by Gasteiger charge is -2.09. The fourth-order valence-corrected chi connectivity index (χ4v) is 2.35. The zero-order chi connectivity index (χ0) is 20.5. The van der Waals surface area contributed by atoms with Gasteiger partial charge >= 0.3 is 0 Å². The quantitative estimate of drug-likeness (QED) is 0.411. The number of para-hydroxylation sites is 1. The van der Waals surface area contributed by atoms with Crippen molar-refractivity contribution in [3.63, 3.8) is 0 Å². The van der Waals surface area contributed by atoms with E-state index in [2.05, 4.69) is 15.8 Å². The summed E-state index contributed by atoms with van der Waals surface area (Å²) in [6.45, 7) is 1.90. The number of amides is 2. The maximum Gasteiger partial charge on any atom is 0.271 e. The van der Waals surface area contributed by atoms with E-state index in [0.29, 0.717) is 18.0 Å². The number of nitro benzene ring substituents is 1. The second-order valence-electron chi connectivity index (χ2n) is 5.86. The number of hydrogen-bond acceptors (Lipinski definition) is 6. The first-order valence-electron chi connectivity index (χ1n) is 8.37. The number of carbonyl (C=O) groups is 2. The standard InChI is InChI=1S/C19H20N4O5/c1-13(10-18(24)20-12-15-6-3-4-9-17(15)28-2)21-22-19(25)14-7-5-8-16(11-14)23(26)27/h3-9,11H,10,12H2,1-2H3,(H,20,24)(H,22,25). The maximum atomic E-state index is 12.0. The van der Waals surface area contributed by atoms with Crippen molar-refractivity contribution in [1.29, 1.82) is 0 Å². The molecule has 0 bridgehead atoms. The molecule has 0 aliphatic heterocycles. The minimum atomic E-state index is -0.600. The van der Waals surface area contributed by atoms with Gasteiger partial charge in [0, 0.05) is 35.5 Å². The van der Waals surface area contributed by atoms with Crippen LogP contribution in [-0.2, 0) is 11.3 Å². The van der Waals surface area contributed by atoms with Gasteiger partial charge in [0.2, 0.25) is 5.91 Å². The van der Waals surface area contributed by atoms with E-state index in [0.717, 1.165) is 11.6 Å². The summed E-state index contributed by atoms with van der Waals surface area (Å²) in [7, 11) is 1.56. The van der Waals surface area contributed by atoms with Crippen LogP contribution in [0.25, 0.3) is 0 Å². The van der Waals surface area contributed by atoms with Crippen molar-refractivity contribution in [3.05, 3.63) is 69.8 Å². The second kappa shape index (κ2) is 9.81. The molecule has 0 saturated heterocycles. The first-order valence-corrected chi connectivity index (χ1v) is 8.37. The largest absolute Gasteiger partial charge is 0.496 e. The van der Waals surface area contributed by atoms with Crippen LogP contribution in [0, 0.1) is 10.1 Å². The number of benzene rings is 2. The van der Waals surface area contributed by atoms with Crippen LogP contribution in [0.5, 0.6) is 5.75 Å². The van der Waals surface area contributed by atoms with E-state index in [1.54, 1.807) is 20.1 Å². The molecule has 28 heavy (non-hydrogen) atoms. The van der Waals surface area contributed by atoms with Gasteiger partial charge in [-0.1, -0.05) is 24.3 Å². The molecule has 0 spiro atoms. The number of nitro groups is 1. The van der Waals surface area contributed by atoms with E-state index in [9.17, 15) is 19.7 Å². The molecule has 146 valence electrons. The molecule has 2 aromatic rings. The first-order chi connectivity index (χ1) is 13.4. The molecule has 2 rings (SSSR count). The third-order valence-corrected chi connectivity index (χ3v) is 3.75. The maximum absolute atomic E-state index is 12.0. The Morgan fingerprint density at radius 3 is 2.64 bits per heavy atom. The molecular formula is C19H20N4O5. The first kappa shape index (κ1) is 20.6. The highest BCUT2D eigenvalue weighted by molar-refractivity contribution is 6.01. The Kier molecular flexibility index (Phi) is 7.21. The summed E-state index contributed by atoms with van der Waals surface area (Å²) < 4.78 is 5.22. The van der Waals surface area contributed by atoms with E-state index in [1.807, 2.05) is 18.2 Å². The summed E-state index contributed by atoms with van der Waals surface area (Å²) in [5, 5.41) is 17.4. The van der Waals surface area contributed by atoms with Gasteiger partial charge in [-0.25, -0.2) is 5.43 Å². The van der Waals surface area contributed by atoms with Gasteiger partial charge < -0.3 is 10.1 Å². The van der Waals surface area contributed by atoms with Crippen LogP contribution in [0.3, 0.4) is 0 Å². The molecule has 0 unspecified atom stereocenters. The third kappa shape index (κ3) is 5.90. The van der Waals surface area contributed by atoms with Crippen LogP contribution in [0.4, 0.5) is 5.69 Å². The monoisotopic (exact) mass is 384 g/mol. The number of hydrazone groups is 1. The average molecular weight is 384 g/mol. The summed E-state index contributed by atoms with van der Waals surface area (Å²) in [5.41, 5.74) is 3.43. The van der Waals surface area contributed by atoms with Crippen molar-refractivity contribution < 1.29 is 19.2 Å². The fraction of sp³-hybridized carbons (Fsp3) is 0.211. The molecule has 0 atom stereocenters. The Morgan fingerprint density at radius 1 is 1.18 bits per heavy atom. The Labute approximate surface area is 161 Å². The van der Waals surface area contributed by atoms with E-state index in [-0.39, 0.29) is 23.6 Å². The van der Waals surface area contributed by atoms with Gasteiger partial charge in [0.25, 0.3) is 11.6 Å². The number of rotatable bonds is 8. The zero-order valence-electron chi connectivity index (χ0n) is 15.5. The number of ether oxygens (including phenoxy) is 1. The van der Waals surface area contributed by atoms with Gasteiger partial charge in [-0.05, 0) is 19.1 Å². The van der Waals surface area contributed by atoms with Gasteiger partial charge in [0.15, 0.2) is 0 Å². The number of methoxy groups -OCH3 is 1. The minimum absolute atomic E-state index is 0.00956. The van der Waals surface area contributed by atoms with E-state index in [1.165, 1.54) is 18.2 Å². The Morgan fingerprint density at radius 2 is 1.93 bits per heavy atom. The van der Waals surface area contributed by atoms with Crippen LogP contribution in [0.1, 0.15) is 29.3 Å². The van der Waals surface area contributed by atoms with Crippen LogP contribution < -0.4 is 15.5 Å². The molecule has 0 aromatic heterocycles. The molecule has 0 fully saturated rings. The Hall–Kier alpha value is -3.75. The number of non-ortho nitro benzene ring substituents is 1. The lowest BCUT2D eigenvalue weighted by Crippen LogP contribution is -2.26. The van der Waals surface area contributed by atoms with Crippen LogP contribution in [0.15, 0.2) is 53.6 Å². The smallest absolute Gasteiger partial charge is 0.271 e. The summed E-state index contributed by atoms with van der Waals surface area (Å²) in [5.74, 6) is -0.188. The van der Waals surface area contributed by atoms with Crippen LogP contribution in [-0.4, -0.2) is 29.6 Å². The van der Waals surface area contributed by atoms with Gasteiger partial charge in [0.1, 0.15) is 5.75 Å². The summed E-state index contributed by atoms with van der Waals surface area (Å²) in [6.07, 6.45) is -0.00956. The van der Waals surface area contributed by atoms with E-state index < -0.39 is 10.8 Å². The molecule has 2 amide bonds. The molecule has 2 N–H and O–H groups in total. The highest BCUT2D eigenvalue weighted by atomic mass is 16.6. The summed E-state index contributed by atoms with van der Waals surface area (Å²) in [6, 6.07) is 12.6. The lowest BCUT2D eigenvalue weighted by atomic mass is 10.2. The summed E-state index contributed by atoms with van der Waals surface area (Å²) in [4.78, 5) is 34.3. The van der Waals surface area contributed by atoms with Crippen LogP contribution >= 0.6 is 0 Å². The van der Waals surface area contributed by atoms with Crippen molar-refractivity contribution >= 4 is 23.2 Å². The summed E-state index contributed by atoms with van der Waals surface area (Å²) >= 11 is 0. The van der Waals surface area contributed by atoms with Crippen molar-refractivity contribution in [2.75, 3.05) is 7.11 Å². The van der Waals surface area contributed by atoms with Gasteiger partial charge in [-0.15, -0.1) is 0 Å². The van der Waals surface area contributed by atoms with Gasteiger partial charge in [0.05, 0.1) is 18.5 Å². The van der Waals surface area contributed by atoms with Crippen molar-refractivity contribution in [3.8, 4) is 5.75 Å². The van der Waals surface area contributed by atoms with E-state index in [4.69, 9.17) is 4.74 Å². The minimum Gasteiger partial charge on any atom is -0.496 e. The second-order valence-corrected chi connectivity index (χ2v) is 5.86. The molecule has 0 saturated carbocycles. The van der Waals surface area contributed by atoms with Crippen LogP contribution in [0.2, 0.25) is 0 Å². The number of nitrogens with one attached hydrogen (secondary N) is 2. The Balaban J connectivity index is 1.88. The highest BCUT2D eigenvalue weighted by Crippen LogP contribution is 2.16. The van der Waals surface area contributed by atoms with Gasteiger partial charge in [-0.2, -0.15) is 5.10 Å². The molecule has 9 nitrogen and oxygen atoms in total. The van der Waals surface area contributed by atoms with E-state index >= 15 is 0 Å².